The minimum absolute atomic E-state index is 0.332. The second-order valence-electron chi connectivity index (χ2n) is 5.22. The van der Waals surface area contributed by atoms with Crippen LogP contribution in [0.2, 0.25) is 0 Å². The number of rotatable bonds is 6. The molecule has 1 aliphatic rings. The van der Waals surface area contributed by atoms with Crippen LogP contribution in [0.25, 0.3) is 0 Å². The highest BCUT2D eigenvalue weighted by Gasteiger charge is 2.23. The Kier molecular flexibility index (Phi) is 4.48. The van der Waals surface area contributed by atoms with Gasteiger partial charge in [0.1, 0.15) is 18.1 Å². The third kappa shape index (κ3) is 3.16. The Morgan fingerprint density at radius 1 is 1.44 bits per heavy atom. The Bertz CT molecular complexity index is 390. The van der Waals surface area contributed by atoms with Gasteiger partial charge in [-0.2, -0.15) is 0 Å². The molecular formula is C15H23NO2. The quantitative estimate of drug-likeness (QED) is 0.840. The van der Waals surface area contributed by atoms with Crippen molar-refractivity contribution in [1.29, 1.82) is 0 Å². The maximum Gasteiger partial charge on any atom is 0.127 e. The zero-order chi connectivity index (χ0) is 13.0. The van der Waals surface area contributed by atoms with E-state index in [-0.39, 0.29) is 0 Å². The molecule has 3 nitrogen and oxygen atoms in total. The van der Waals surface area contributed by atoms with Gasteiger partial charge < -0.3 is 14.8 Å². The van der Waals surface area contributed by atoms with E-state index in [0.29, 0.717) is 12.0 Å². The molecule has 0 radical (unpaired) electrons. The van der Waals surface area contributed by atoms with E-state index in [1.165, 1.54) is 5.56 Å². The molecule has 0 spiro atoms. The summed E-state index contributed by atoms with van der Waals surface area (Å²) in [4.78, 5) is 0. The number of hydrogen-bond donors (Lipinski definition) is 1. The van der Waals surface area contributed by atoms with Crippen LogP contribution in [0.15, 0.2) is 18.2 Å². The molecule has 2 rings (SSSR count). The summed E-state index contributed by atoms with van der Waals surface area (Å²) >= 11 is 0. The molecule has 1 aromatic carbocycles. The summed E-state index contributed by atoms with van der Waals surface area (Å²) in [7, 11) is 0. The Morgan fingerprint density at radius 2 is 2.28 bits per heavy atom. The third-order valence-electron chi connectivity index (χ3n) is 2.99. The maximum atomic E-state index is 5.71. The van der Waals surface area contributed by atoms with Gasteiger partial charge >= 0.3 is 0 Å². The minimum Gasteiger partial charge on any atom is -0.493 e. The van der Waals surface area contributed by atoms with Gasteiger partial charge in [-0.05, 0) is 31.0 Å². The molecule has 3 heteroatoms. The molecule has 1 atom stereocenters. The molecule has 0 aromatic heterocycles. The van der Waals surface area contributed by atoms with Gasteiger partial charge in [-0.1, -0.05) is 20.8 Å². The fourth-order valence-corrected chi connectivity index (χ4v) is 2.03. The Morgan fingerprint density at radius 3 is 3.00 bits per heavy atom. The average molecular weight is 249 g/mol. The van der Waals surface area contributed by atoms with Crippen LogP contribution in [0.1, 0.15) is 38.8 Å². The lowest BCUT2D eigenvalue weighted by Crippen LogP contribution is -2.22. The molecular weight excluding hydrogens is 226 g/mol. The highest BCUT2D eigenvalue weighted by atomic mass is 16.5. The first kappa shape index (κ1) is 13.2. The van der Waals surface area contributed by atoms with Gasteiger partial charge in [0.2, 0.25) is 0 Å². The Labute approximate surface area is 109 Å². The largest absolute Gasteiger partial charge is 0.493 e. The van der Waals surface area contributed by atoms with E-state index in [2.05, 4.69) is 32.2 Å². The van der Waals surface area contributed by atoms with E-state index in [9.17, 15) is 0 Å². The number of nitrogens with one attached hydrogen (secondary N) is 1. The molecule has 1 N–H and O–H groups in total. The van der Waals surface area contributed by atoms with Crippen molar-refractivity contribution in [3.63, 3.8) is 0 Å². The zero-order valence-corrected chi connectivity index (χ0v) is 11.5. The van der Waals surface area contributed by atoms with Crippen molar-refractivity contribution in [3.8, 4) is 11.5 Å². The molecule has 1 heterocycles. The first-order valence-corrected chi connectivity index (χ1v) is 6.83. The number of benzene rings is 1. The molecule has 0 bridgehead atoms. The van der Waals surface area contributed by atoms with Crippen molar-refractivity contribution in [2.75, 3.05) is 19.8 Å². The monoisotopic (exact) mass is 249 g/mol. The van der Waals surface area contributed by atoms with Gasteiger partial charge in [0, 0.05) is 11.6 Å². The fraction of sp³-hybridized carbons (Fsp3) is 0.600. The van der Waals surface area contributed by atoms with E-state index in [4.69, 9.17) is 9.47 Å². The van der Waals surface area contributed by atoms with Crippen LogP contribution in [0.4, 0.5) is 0 Å². The Balaban J connectivity index is 2.01. The second-order valence-corrected chi connectivity index (χ2v) is 5.22. The normalized spacial score (nSPS) is 17.7. The molecule has 1 unspecified atom stereocenters. The summed E-state index contributed by atoms with van der Waals surface area (Å²) in [6.45, 7) is 8.97. The predicted octanol–water partition coefficient (Wildman–Crippen LogP) is 3.15. The van der Waals surface area contributed by atoms with Crippen molar-refractivity contribution in [3.05, 3.63) is 23.8 Å². The fourth-order valence-electron chi connectivity index (χ4n) is 2.03. The van der Waals surface area contributed by atoms with Crippen LogP contribution >= 0.6 is 0 Å². The van der Waals surface area contributed by atoms with Crippen molar-refractivity contribution >= 4 is 0 Å². The molecule has 1 aliphatic heterocycles. The second kappa shape index (κ2) is 6.10. The summed E-state index contributed by atoms with van der Waals surface area (Å²) in [6, 6.07) is 6.49. The van der Waals surface area contributed by atoms with Gasteiger partial charge in [0.15, 0.2) is 0 Å². The lowest BCUT2D eigenvalue weighted by Gasteiger charge is -2.11. The van der Waals surface area contributed by atoms with Crippen LogP contribution in [0.3, 0.4) is 0 Å². The first-order chi connectivity index (χ1) is 8.70. The molecule has 100 valence electrons. The van der Waals surface area contributed by atoms with Gasteiger partial charge in [0.25, 0.3) is 0 Å². The SMILES string of the molecule is CCCNC1COc2cc(OCC(C)C)ccc21. The minimum atomic E-state index is 0.332. The lowest BCUT2D eigenvalue weighted by atomic mass is 10.1. The number of ether oxygens (including phenoxy) is 2. The van der Waals surface area contributed by atoms with Crippen LogP contribution in [0, 0.1) is 5.92 Å². The number of hydrogen-bond acceptors (Lipinski definition) is 3. The summed E-state index contributed by atoms with van der Waals surface area (Å²) < 4.78 is 11.4. The number of fused-ring (bicyclic) bond motifs is 1. The van der Waals surface area contributed by atoms with E-state index < -0.39 is 0 Å². The van der Waals surface area contributed by atoms with Crippen molar-refractivity contribution in [2.45, 2.75) is 33.2 Å². The average Bonchev–Trinajstić information content (AvgIpc) is 2.76. The zero-order valence-electron chi connectivity index (χ0n) is 11.5. The molecule has 0 saturated carbocycles. The molecule has 0 saturated heterocycles. The smallest absolute Gasteiger partial charge is 0.127 e. The van der Waals surface area contributed by atoms with Gasteiger partial charge in [-0.3, -0.25) is 0 Å². The van der Waals surface area contributed by atoms with Crippen molar-refractivity contribution < 1.29 is 9.47 Å². The molecule has 1 aromatic rings. The maximum absolute atomic E-state index is 5.71. The van der Waals surface area contributed by atoms with Crippen LogP contribution < -0.4 is 14.8 Å². The highest BCUT2D eigenvalue weighted by Crippen LogP contribution is 2.35. The first-order valence-electron chi connectivity index (χ1n) is 6.83. The van der Waals surface area contributed by atoms with Gasteiger partial charge in [-0.25, -0.2) is 0 Å². The van der Waals surface area contributed by atoms with Gasteiger partial charge in [-0.15, -0.1) is 0 Å². The predicted molar refractivity (Wildman–Crippen MR) is 73.3 cm³/mol. The lowest BCUT2D eigenvalue weighted by molar-refractivity contribution is 0.268. The molecule has 0 amide bonds. The molecule has 0 aliphatic carbocycles. The summed E-state index contributed by atoms with van der Waals surface area (Å²) in [5.74, 6) is 2.40. The van der Waals surface area contributed by atoms with Crippen LogP contribution in [0.5, 0.6) is 11.5 Å². The molecule has 0 fully saturated rings. The third-order valence-corrected chi connectivity index (χ3v) is 2.99. The van der Waals surface area contributed by atoms with E-state index >= 15 is 0 Å². The van der Waals surface area contributed by atoms with Crippen LogP contribution in [-0.4, -0.2) is 19.8 Å². The van der Waals surface area contributed by atoms with E-state index in [1.54, 1.807) is 0 Å². The molecule has 18 heavy (non-hydrogen) atoms. The van der Waals surface area contributed by atoms with E-state index in [0.717, 1.165) is 37.7 Å². The summed E-state index contributed by atoms with van der Waals surface area (Å²) in [6.07, 6.45) is 1.14. The van der Waals surface area contributed by atoms with E-state index in [1.807, 2.05) is 12.1 Å². The summed E-state index contributed by atoms with van der Waals surface area (Å²) in [5, 5.41) is 3.49. The highest BCUT2D eigenvalue weighted by molar-refractivity contribution is 5.45. The van der Waals surface area contributed by atoms with Crippen LogP contribution in [-0.2, 0) is 0 Å². The van der Waals surface area contributed by atoms with Gasteiger partial charge in [0.05, 0.1) is 12.6 Å². The van der Waals surface area contributed by atoms with Crippen molar-refractivity contribution in [2.24, 2.45) is 5.92 Å². The topological polar surface area (TPSA) is 30.5 Å². The summed E-state index contributed by atoms with van der Waals surface area (Å²) in [5.41, 5.74) is 1.25. The Hall–Kier alpha value is -1.22. The standard InChI is InChI=1S/C15H23NO2/c1-4-7-16-14-10-18-15-8-12(5-6-13(14)15)17-9-11(2)3/h5-6,8,11,14,16H,4,7,9-10H2,1-3H3. The van der Waals surface area contributed by atoms with Crippen molar-refractivity contribution in [1.82, 2.24) is 5.32 Å².